The summed E-state index contributed by atoms with van der Waals surface area (Å²) in [4.78, 5) is 27.8. The van der Waals surface area contributed by atoms with Gasteiger partial charge in [0.15, 0.2) is 0 Å². The van der Waals surface area contributed by atoms with Crippen LogP contribution in [0.25, 0.3) is 10.9 Å². The molecule has 0 aliphatic rings. The first-order valence-corrected chi connectivity index (χ1v) is 9.51. The van der Waals surface area contributed by atoms with E-state index in [1.807, 2.05) is 13.8 Å². The van der Waals surface area contributed by atoms with E-state index in [4.69, 9.17) is 10.5 Å². The van der Waals surface area contributed by atoms with Crippen molar-refractivity contribution in [2.24, 2.45) is 0 Å². The molecule has 0 aliphatic carbocycles. The maximum Gasteiger partial charge on any atom is 0.339 e. The molecule has 8 nitrogen and oxygen atoms in total. The molecule has 0 fully saturated rings. The SMILES string of the molecule is CC.Cc1nc2cccc(OCCNC(=O)c3ccccc3O)c2c(N)c1C(=O)O. The molecular weight excluding hydrogens is 386 g/mol. The first-order valence-electron chi connectivity index (χ1n) is 9.51. The molecule has 0 aliphatic heterocycles. The van der Waals surface area contributed by atoms with Crippen LogP contribution >= 0.6 is 0 Å². The summed E-state index contributed by atoms with van der Waals surface area (Å²) in [5.41, 5.74) is 7.11. The normalized spacial score (nSPS) is 10.1. The second kappa shape index (κ2) is 10.1. The number of rotatable bonds is 6. The monoisotopic (exact) mass is 411 g/mol. The number of aromatic carboxylic acids is 1. The number of nitrogen functional groups attached to an aromatic ring is 1. The maximum atomic E-state index is 12.1. The number of aromatic nitrogens is 1. The van der Waals surface area contributed by atoms with Crippen LogP contribution in [0.2, 0.25) is 0 Å². The van der Waals surface area contributed by atoms with E-state index in [0.29, 0.717) is 22.3 Å². The Labute approximate surface area is 174 Å². The lowest BCUT2D eigenvalue weighted by Crippen LogP contribution is -2.28. The molecule has 158 valence electrons. The zero-order valence-corrected chi connectivity index (χ0v) is 17.1. The number of anilines is 1. The van der Waals surface area contributed by atoms with Gasteiger partial charge in [0.1, 0.15) is 23.7 Å². The molecule has 0 atom stereocenters. The number of benzene rings is 2. The van der Waals surface area contributed by atoms with Crippen molar-refractivity contribution >= 4 is 28.5 Å². The molecule has 0 spiro atoms. The Morgan fingerprint density at radius 3 is 2.50 bits per heavy atom. The number of phenols is 1. The van der Waals surface area contributed by atoms with Crippen LogP contribution in [0.4, 0.5) is 5.69 Å². The highest BCUT2D eigenvalue weighted by Gasteiger charge is 2.19. The van der Waals surface area contributed by atoms with Gasteiger partial charge in [0.05, 0.1) is 34.4 Å². The predicted molar refractivity (Wildman–Crippen MR) is 115 cm³/mol. The van der Waals surface area contributed by atoms with E-state index in [9.17, 15) is 19.8 Å². The molecule has 3 rings (SSSR count). The van der Waals surface area contributed by atoms with Crippen LogP contribution in [-0.4, -0.2) is 40.2 Å². The van der Waals surface area contributed by atoms with Crippen molar-refractivity contribution < 1.29 is 24.5 Å². The number of phenolic OH excluding ortho intramolecular Hbond substituents is 1. The van der Waals surface area contributed by atoms with E-state index in [0.717, 1.165) is 0 Å². The second-order valence-corrected chi connectivity index (χ2v) is 6.06. The van der Waals surface area contributed by atoms with E-state index >= 15 is 0 Å². The van der Waals surface area contributed by atoms with E-state index in [1.54, 1.807) is 37.3 Å². The molecule has 8 heteroatoms. The average molecular weight is 411 g/mol. The van der Waals surface area contributed by atoms with Gasteiger partial charge in [-0.05, 0) is 31.2 Å². The van der Waals surface area contributed by atoms with Crippen LogP contribution in [-0.2, 0) is 0 Å². The number of nitrogens with one attached hydrogen (secondary N) is 1. The van der Waals surface area contributed by atoms with Gasteiger partial charge >= 0.3 is 5.97 Å². The van der Waals surface area contributed by atoms with Crippen LogP contribution in [0.15, 0.2) is 42.5 Å². The number of carbonyl (C=O) groups excluding carboxylic acids is 1. The lowest BCUT2D eigenvalue weighted by atomic mass is 10.1. The number of carboxylic acid groups (broad SMARTS) is 1. The number of hydrogen-bond donors (Lipinski definition) is 4. The molecular formula is C22H25N3O5. The number of aryl methyl sites for hydroxylation is 1. The molecule has 0 unspecified atom stereocenters. The minimum absolute atomic E-state index is 0.0589. The number of ether oxygens (including phenoxy) is 1. The number of nitrogens with two attached hydrogens (primary N) is 1. The molecule has 1 amide bonds. The predicted octanol–water partition coefficient (Wildman–Crippen LogP) is 3.36. The standard InChI is InChI=1S/C20H19N3O5.C2H6/c1-11-16(20(26)27)18(21)17-13(23-11)6-4-8-15(17)28-10-9-22-19(25)12-5-2-3-7-14(12)24;1-2/h2-8,24H,9-10H2,1H3,(H2,21,23)(H,22,25)(H,26,27);1-2H3. The molecule has 0 saturated heterocycles. The Bertz CT molecular complexity index is 1070. The van der Waals surface area contributed by atoms with E-state index in [1.165, 1.54) is 12.1 Å². The van der Waals surface area contributed by atoms with Crippen molar-refractivity contribution in [3.8, 4) is 11.5 Å². The fraction of sp³-hybridized carbons (Fsp3) is 0.227. The minimum atomic E-state index is -1.16. The first-order chi connectivity index (χ1) is 14.4. The number of carboxylic acids is 1. The van der Waals surface area contributed by atoms with Crippen LogP contribution in [0.3, 0.4) is 0 Å². The van der Waals surface area contributed by atoms with Crippen LogP contribution < -0.4 is 15.8 Å². The van der Waals surface area contributed by atoms with Gasteiger partial charge in [0.2, 0.25) is 0 Å². The van der Waals surface area contributed by atoms with Gasteiger partial charge in [-0.3, -0.25) is 9.78 Å². The number of fused-ring (bicyclic) bond motifs is 1. The summed E-state index contributed by atoms with van der Waals surface area (Å²) in [5.74, 6) is -1.31. The van der Waals surface area contributed by atoms with Crippen LogP contribution in [0, 0.1) is 6.92 Å². The largest absolute Gasteiger partial charge is 0.507 e. The Kier molecular flexibility index (Phi) is 7.57. The summed E-state index contributed by atoms with van der Waals surface area (Å²) in [7, 11) is 0. The average Bonchev–Trinajstić information content (AvgIpc) is 2.72. The number of aromatic hydroxyl groups is 1. The summed E-state index contributed by atoms with van der Waals surface area (Å²) < 4.78 is 5.70. The minimum Gasteiger partial charge on any atom is -0.507 e. The molecule has 2 aromatic carbocycles. The van der Waals surface area contributed by atoms with Crippen molar-refractivity contribution in [3.63, 3.8) is 0 Å². The summed E-state index contributed by atoms with van der Waals surface area (Å²) >= 11 is 0. The molecule has 3 aromatic rings. The third kappa shape index (κ3) is 4.78. The molecule has 0 bridgehead atoms. The molecule has 0 radical (unpaired) electrons. The lowest BCUT2D eigenvalue weighted by molar-refractivity contribution is 0.0696. The zero-order chi connectivity index (χ0) is 22.3. The number of carbonyl (C=O) groups is 2. The van der Waals surface area contributed by atoms with E-state index in [2.05, 4.69) is 10.3 Å². The van der Waals surface area contributed by atoms with Crippen molar-refractivity contribution in [2.75, 3.05) is 18.9 Å². The van der Waals surface area contributed by atoms with Gasteiger partial charge in [0, 0.05) is 0 Å². The van der Waals surface area contributed by atoms with Crippen molar-refractivity contribution in [3.05, 3.63) is 59.3 Å². The summed E-state index contributed by atoms with van der Waals surface area (Å²) in [6.45, 7) is 5.88. The van der Waals surface area contributed by atoms with Crippen LogP contribution in [0.1, 0.15) is 40.3 Å². The number of para-hydroxylation sites is 1. The number of nitrogens with zero attached hydrogens (tertiary/aromatic N) is 1. The molecule has 30 heavy (non-hydrogen) atoms. The number of amides is 1. The topological polar surface area (TPSA) is 135 Å². The van der Waals surface area contributed by atoms with Crippen molar-refractivity contribution in [2.45, 2.75) is 20.8 Å². The Morgan fingerprint density at radius 1 is 1.13 bits per heavy atom. The smallest absolute Gasteiger partial charge is 0.339 e. The van der Waals surface area contributed by atoms with Gasteiger partial charge in [-0.15, -0.1) is 0 Å². The van der Waals surface area contributed by atoms with Crippen molar-refractivity contribution in [1.29, 1.82) is 0 Å². The third-order valence-electron chi connectivity index (χ3n) is 4.20. The third-order valence-corrected chi connectivity index (χ3v) is 4.20. The number of pyridine rings is 1. The highest BCUT2D eigenvalue weighted by Crippen LogP contribution is 2.33. The highest BCUT2D eigenvalue weighted by atomic mass is 16.5. The van der Waals surface area contributed by atoms with Gasteiger partial charge in [0.25, 0.3) is 5.91 Å². The number of hydrogen-bond acceptors (Lipinski definition) is 6. The van der Waals surface area contributed by atoms with Crippen molar-refractivity contribution in [1.82, 2.24) is 10.3 Å². The van der Waals surface area contributed by atoms with Gasteiger partial charge in [-0.2, -0.15) is 0 Å². The molecule has 5 N–H and O–H groups in total. The molecule has 1 aromatic heterocycles. The highest BCUT2D eigenvalue weighted by molar-refractivity contribution is 6.06. The van der Waals surface area contributed by atoms with Gasteiger partial charge < -0.3 is 26.0 Å². The van der Waals surface area contributed by atoms with Gasteiger partial charge in [-0.25, -0.2) is 4.79 Å². The molecule has 1 heterocycles. The Hall–Kier alpha value is -3.81. The Morgan fingerprint density at radius 2 is 1.83 bits per heavy atom. The summed E-state index contributed by atoms with van der Waals surface area (Å²) in [6.07, 6.45) is 0. The second-order valence-electron chi connectivity index (χ2n) is 6.06. The fourth-order valence-electron chi connectivity index (χ4n) is 2.92. The van der Waals surface area contributed by atoms with Crippen LogP contribution in [0.5, 0.6) is 11.5 Å². The summed E-state index contributed by atoms with van der Waals surface area (Å²) in [5, 5.41) is 22.1. The quantitative estimate of drug-likeness (QED) is 0.457. The first kappa shape index (κ1) is 22.5. The summed E-state index contributed by atoms with van der Waals surface area (Å²) in [6, 6.07) is 11.3. The molecule has 0 saturated carbocycles. The fourth-order valence-corrected chi connectivity index (χ4v) is 2.92. The Balaban J connectivity index is 0.00000155. The van der Waals surface area contributed by atoms with Gasteiger partial charge in [-0.1, -0.05) is 32.0 Å². The maximum absolute atomic E-state index is 12.1. The van der Waals surface area contributed by atoms with E-state index < -0.39 is 11.9 Å². The zero-order valence-electron chi connectivity index (χ0n) is 17.1. The van der Waals surface area contributed by atoms with E-state index in [-0.39, 0.29) is 35.7 Å². The lowest BCUT2D eigenvalue weighted by Gasteiger charge is -2.14.